The summed E-state index contributed by atoms with van der Waals surface area (Å²) >= 11 is 0. The highest BCUT2D eigenvalue weighted by Gasteiger charge is 2.17. The Morgan fingerprint density at radius 2 is 1.92 bits per heavy atom. The van der Waals surface area contributed by atoms with Crippen LogP contribution in [0.3, 0.4) is 0 Å². The molecular formula is C19H21N3O3. The number of rotatable bonds is 5. The molecule has 0 spiro atoms. The van der Waals surface area contributed by atoms with Crippen molar-refractivity contribution in [2.45, 2.75) is 40.8 Å². The maximum Gasteiger partial charge on any atom is 0.340 e. The van der Waals surface area contributed by atoms with Crippen LogP contribution in [-0.2, 0) is 17.9 Å². The van der Waals surface area contributed by atoms with Crippen LogP contribution >= 0.6 is 0 Å². The SMILES string of the molecule is CCn1c(C)cc(C(=O)OCc2noc(-c3ccc(C)cc3)n2)c1C. The number of aryl methyl sites for hydroxylation is 2. The summed E-state index contributed by atoms with van der Waals surface area (Å²) in [5, 5.41) is 3.87. The van der Waals surface area contributed by atoms with Crippen LogP contribution in [-0.4, -0.2) is 20.7 Å². The van der Waals surface area contributed by atoms with Gasteiger partial charge in [-0.1, -0.05) is 22.9 Å². The van der Waals surface area contributed by atoms with Gasteiger partial charge in [0.15, 0.2) is 6.61 Å². The van der Waals surface area contributed by atoms with Gasteiger partial charge < -0.3 is 13.8 Å². The molecule has 2 aromatic heterocycles. The number of hydrogen-bond acceptors (Lipinski definition) is 5. The van der Waals surface area contributed by atoms with Crippen LogP contribution in [0.1, 0.15) is 40.1 Å². The molecule has 0 N–H and O–H groups in total. The highest BCUT2D eigenvalue weighted by molar-refractivity contribution is 5.91. The number of carbonyl (C=O) groups excluding carboxylic acids is 1. The fraction of sp³-hybridized carbons (Fsp3) is 0.316. The van der Waals surface area contributed by atoms with Crippen LogP contribution in [0.15, 0.2) is 34.9 Å². The molecule has 0 saturated heterocycles. The van der Waals surface area contributed by atoms with Gasteiger partial charge >= 0.3 is 5.97 Å². The van der Waals surface area contributed by atoms with Gasteiger partial charge in [-0.25, -0.2) is 4.79 Å². The average molecular weight is 339 g/mol. The smallest absolute Gasteiger partial charge is 0.340 e. The van der Waals surface area contributed by atoms with Gasteiger partial charge in [-0.2, -0.15) is 4.98 Å². The van der Waals surface area contributed by atoms with Gasteiger partial charge in [0.2, 0.25) is 5.82 Å². The van der Waals surface area contributed by atoms with Gasteiger partial charge in [0.05, 0.1) is 5.56 Å². The molecule has 0 saturated carbocycles. The highest BCUT2D eigenvalue weighted by atomic mass is 16.5. The summed E-state index contributed by atoms with van der Waals surface area (Å²) in [7, 11) is 0. The highest BCUT2D eigenvalue weighted by Crippen LogP contribution is 2.19. The van der Waals surface area contributed by atoms with Gasteiger partial charge in [-0.05, 0) is 45.9 Å². The van der Waals surface area contributed by atoms with Crippen LogP contribution in [0.25, 0.3) is 11.5 Å². The number of carbonyl (C=O) groups is 1. The van der Waals surface area contributed by atoms with E-state index in [2.05, 4.69) is 14.7 Å². The van der Waals surface area contributed by atoms with E-state index in [1.165, 1.54) is 0 Å². The van der Waals surface area contributed by atoms with Crippen molar-refractivity contribution in [3.63, 3.8) is 0 Å². The van der Waals surface area contributed by atoms with E-state index in [4.69, 9.17) is 9.26 Å². The van der Waals surface area contributed by atoms with Gasteiger partial charge in [0.25, 0.3) is 5.89 Å². The van der Waals surface area contributed by atoms with E-state index in [1.807, 2.05) is 58.0 Å². The lowest BCUT2D eigenvalue weighted by molar-refractivity contribution is 0.0458. The fourth-order valence-electron chi connectivity index (χ4n) is 2.83. The van der Waals surface area contributed by atoms with Crippen molar-refractivity contribution in [1.29, 1.82) is 0 Å². The van der Waals surface area contributed by atoms with Crippen molar-refractivity contribution in [3.8, 4) is 11.5 Å². The summed E-state index contributed by atoms with van der Waals surface area (Å²) in [5.41, 5.74) is 4.50. The molecule has 0 unspecified atom stereocenters. The predicted molar refractivity (Wildman–Crippen MR) is 93.2 cm³/mol. The van der Waals surface area contributed by atoms with Crippen LogP contribution in [0, 0.1) is 20.8 Å². The number of hydrogen-bond donors (Lipinski definition) is 0. The number of esters is 1. The first-order chi connectivity index (χ1) is 12.0. The van der Waals surface area contributed by atoms with Crippen molar-refractivity contribution in [1.82, 2.24) is 14.7 Å². The lowest BCUT2D eigenvalue weighted by atomic mass is 10.1. The van der Waals surface area contributed by atoms with E-state index in [9.17, 15) is 4.79 Å². The zero-order chi connectivity index (χ0) is 18.0. The molecule has 1 aromatic carbocycles. The largest absolute Gasteiger partial charge is 0.454 e. The molecule has 0 fully saturated rings. The van der Waals surface area contributed by atoms with Crippen molar-refractivity contribution < 1.29 is 14.1 Å². The van der Waals surface area contributed by atoms with Crippen molar-refractivity contribution in [3.05, 3.63) is 58.7 Å². The molecular weight excluding hydrogens is 318 g/mol. The first-order valence-electron chi connectivity index (χ1n) is 8.23. The number of aromatic nitrogens is 3. The van der Waals surface area contributed by atoms with Gasteiger partial charge in [0, 0.05) is 23.5 Å². The van der Waals surface area contributed by atoms with Crippen molar-refractivity contribution in [2.75, 3.05) is 0 Å². The summed E-state index contributed by atoms with van der Waals surface area (Å²) in [6.07, 6.45) is 0. The third-order valence-electron chi connectivity index (χ3n) is 4.21. The molecule has 0 atom stereocenters. The Morgan fingerprint density at radius 1 is 1.20 bits per heavy atom. The Balaban J connectivity index is 1.68. The molecule has 0 bridgehead atoms. The molecule has 0 aliphatic carbocycles. The van der Waals surface area contributed by atoms with E-state index in [0.717, 1.165) is 29.1 Å². The summed E-state index contributed by atoms with van der Waals surface area (Å²) in [5.74, 6) is 0.373. The second-order valence-corrected chi connectivity index (χ2v) is 5.99. The summed E-state index contributed by atoms with van der Waals surface area (Å²) < 4.78 is 12.6. The van der Waals surface area contributed by atoms with Crippen molar-refractivity contribution in [2.24, 2.45) is 0 Å². The minimum Gasteiger partial charge on any atom is -0.454 e. The number of benzene rings is 1. The quantitative estimate of drug-likeness (QED) is 0.661. The zero-order valence-electron chi connectivity index (χ0n) is 14.9. The molecule has 130 valence electrons. The molecule has 0 aliphatic heterocycles. The van der Waals surface area contributed by atoms with E-state index >= 15 is 0 Å². The molecule has 0 radical (unpaired) electrons. The van der Waals surface area contributed by atoms with Crippen LogP contribution in [0.4, 0.5) is 0 Å². The Bertz CT molecular complexity index is 891. The van der Waals surface area contributed by atoms with Crippen molar-refractivity contribution >= 4 is 5.97 Å². The van der Waals surface area contributed by atoms with Gasteiger partial charge in [-0.3, -0.25) is 0 Å². The molecule has 3 aromatic rings. The molecule has 6 heteroatoms. The first-order valence-corrected chi connectivity index (χ1v) is 8.23. The molecule has 25 heavy (non-hydrogen) atoms. The number of ether oxygens (including phenoxy) is 1. The van der Waals surface area contributed by atoms with Gasteiger partial charge in [-0.15, -0.1) is 0 Å². The van der Waals surface area contributed by atoms with Crippen LogP contribution in [0.5, 0.6) is 0 Å². The van der Waals surface area contributed by atoms with Crippen LogP contribution in [0.2, 0.25) is 0 Å². The summed E-state index contributed by atoms with van der Waals surface area (Å²) in [6, 6.07) is 9.62. The minimum absolute atomic E-state index is 0.0238. The van der Waals surface area contributed by atoms with E-state index in [0.29, 0.717) is 17.3 Å². The molecule has 6 nitrogen and oxygen atoms in total. The monoisotopic (exact) mass is 339 g/mol. The average Bonchev–Trinajstić information content (AvgIpc) is 3.18. The summed E-state index contributed by atoms with van der Waals surface area (Å²) in [4.78, 5) is 16.6. The normalized spacial score (nSPS) is 10.9. The maximum atomic E-state index is 12.3. The predicted octanol–water partition coefficient (Wildman–Crippen LogP) is 3.84. The lowest BCUT2D eigenvalue weighted by Gasteiger charge is -2.05. The third-order valence-corrected chi connectivity index (χ3v) is 4.21. The van der Waals surface area contributed by atoms with Gasteiger partial charge in [0.1, 0.15) is 0 Å². The second kappa shape index (κ2) is 6.93. The zero-order valence-corrected chi connectivity index (χ0v) is 14.9. The second-order valence-electron chi connectivity index (χ2n) is 5.99. The fourth-order valence-corrected chi connectivity index (χ4v) is 2.83. The number of nitrogens with zero attached hydrogens (tertiary/aromatic N) is 3. The van der Waals surface area contributed by atoms with Crippen LogP contribution < -0.4 is 0 Å². The summed E-state index contributed by atoms with van der Waals surface area (Å²) in [6.45, 7) is 8.73. The molecule has 2 heterocycles. The minimum atomic E-state index is -0.380. The first kappa shape index (κ1) is 17.0. The Labute approximate surface area is 146 Å². The lowest BCUT2D eigenvalue weighted by Crippen LogP contribution is -2.08. The third kappa shape index (κ3) is 3.47. The molecule has 0 aliphatic rings. The van der Waals surface area contributed by atoms with E-state index < -0.39 is 0 Å². The molecule has 0 amide bonds. The standard InChI is InChI=1S/C19H21N3O3/c1-5-22-13(3)10-16(14(22)4)19(23)24-11-17-20-18(25-21-17)15-8-6-12(2)7-9-15/h6-10H,5,11H2,1-4H3. The Kier molecular flexibility index (Phi) is 4.70. The van der Waals surface area contributed by atoms with E-state index in [1.54, 1.807) is 0 Å². The molecule has 3 rings (SSSR count). The maximum absolute atomic E-state index is 12.3. The topological polar surface area (TPSA) is 70.2 Å². The van der Waals surface area contributed by atoms with E-state index in [-0.39, 0.29) is 12.6 Å². The Morgan fingerprint density at radius 3 is 2.56 bits per heavy atom. The Hall–Kier alpha value is -2.89.